The zero-order valence-electron chi connectivity index (χ0n) is 14.6. The molecular formula is C20H21NO5. The molecule has 1 saturated heterocycles. The number of hydrogen-bond donors (Lipinski definition) is 0. The minimum atomic E-state index is -1.01. The maximum absolute atomic E-state index is 13.0. The van der Waals surface area contributed by atoms with E-state index in [1.165, 1.54) is 7.11 Å². The van der Waals surface area contributed by atoms with E-state index in [4.69, 9.17) is 14.2 Å². The van der Waals surface area contributed by atoms with Gasteiger partial charge in [-0.3, -0.25) is 4.79 Å². The number of para-hydroxylation sites is 1. The first kappa shape index (κ1) is 17.9. The summed E-state index contributed by atoms with van der Waals surface area (Å²) in [7, 11) is 1.49. The molecule has 1 aliphatic rings. The second kappa shape index (κ2) is 8.49. The first-order valence-corrected chi connectivity index (χ1v) is 8.46. The summed E-state index contributed by atoms with van der Waals surface area (Å²) < 4.78 is 16.1. The zero-order chi connectivity index (χ0) is 18.4. The van der Waals surface area contributed by atoms with Gasteiger partial charge in [0.1, 0.15) is 11.3 Å². The van der Waals surface area contributed by atoms with Gasteiger partial charge in [-0.2, -0.15) is 0 Å². The summed E-state index contributed by atoms with van der Waals surface area (Å²) in [4.78, 5) is 27.3. The number of nitrogens with zero attached hydrogens (tertiary/aromatic N) is 1. The molecule has 26 heavy (non-hydrogen) atoms. The first-order valence-electron chi connectivity index (χ1n) is 8.46. The maximum Gasteiger partial charge on any atom is 0.343 e. The topological polar surface area (TPSA) is 65.1 Å². The van der Waals surface area contributed by atoms with Crippen LogP contribution in [0.3, 0.4) is 0 Å². The molecule has 1 heterocycles. The molecule has 1 atom stereocenters. The van der Waals surface area contributed by atoms with Crippen LogP contribution < -0.4 is 4.74 Å². The van der Waals surface area contributed by atoms with E-state index in [9.17, 15) is 9.59 Å². The van der Waals surface area contributed by atoms with Gasteiger partial charge in [0.05, 0.1) is 20.3 Å². The van der Waals surface area contributed by atoms with E-state index in [-0.39, 0.29) is 11.5 Å². The molecule has 1 fully saturated rings. The SMILES string of the molecule is COc1ccccc1C(=O)O[C@@H](C(=O)N1CCOCC1)c1ccccc1. The van der Waals surface area contributed by atoms with E-state index in [0.717, 1.165) is 0 Å². The Bertz CT molecular complexity index is 756. The van der Waals surface area contributed by atoms with Crippen molar-refractivity contribution in [2.24, 2.45) is 0 Å². The Morgan fingerprint density at radius 1 is 1.00 bits per heavy atom. The lowest BCUT2D eigenvalue weighted by molar-refractivity contribution is -0.145. The molecule has 0 radical (unpaired) electrons. The van der Waals surface area contributed by atoms with Gasteiger partial charge in [-0.15, -0.1) is 0 Å². The first-order chi connectivity index (χ1) is 12.7. The molecule has 0 unspecified atom stereocenters. The molecule has 0 aromatic heterocycles. The Balaban J connectivity index is 1.86. The summed E-state index contributed by atoms with van der Waals surface area (Å²) in [5, 5.41) is 0. The number of methoxy groups -OCH3 is 1. The highest BCUT2D eigenvalue weighted by molar-refractivity contribution is 5.95. The summed E-state index contributed by atoms with van der Waals surface area (Å²) in [6.45, 7) is 1.92. The fourth-order valence-corrected chi connectivity index (χ4v) is 2.82. The fourth-order valence-electron chi connectivity index (χ4n) is 2.82. The van der Waals surface area contributed by atoms with Gasteiger partial charge in [0.25, 0.3) is 5.91 Å². The van der Waals surface area contributed by atoms with Gasteiger partial charge in [0, 0.05) is 18.7 Å². The van der Waals surface area contributed by atoms with E-state index in [1.54, 1.807) is 41.3 Å². The van der Waals surface area contributed by atoms with Crippen LogP contribution in [0.15, 0.2) is 54.6 Å². The summed E-state index contributed by atoms with van der Waals surface area (Å²) >= 11 is 0. The molecule has 6 heteroatoms. The second-order valence-corrected chi connectivity index (χ2v) is 5.83. The Morgan fingerprint density at radius 3 is 2.35 bits per heavy atom. The van der Waals surface area contributed by atoms with Crippen LogP contribution in [0, 0.1) is 0 Å². The predicted octanol–water partition coefficient (Wildman–Crippen LogP) is 2.45. The predicted molar refractivity (Wildman–Crippen MR) is 95.0 cm³/mol. The van der Waals surface area contributed by atoms with Crippen LogP contribution in [-0.2, 0) is 14.3 Å². The van der Waals surface area contributed by atoms with Crippen molar-refractivity contribution in [2.75, 3.05) is 33.4 Å². The number of benzene rings is 2. The fraction of sp³-hybridized carbons (Fsp3) is 0.300. The van der Waals surface area contributed by atoms with Crippen molar-refractivity contribution in [3.63, 3.8) is 0 Å². The number of rotatable bonds is 5. The van der Waals surface area contributed by atoms with Crippen molar-refractivity contribution >= 4 is 11.9 Å². The largest absolute Gasteiger partial charge is 0.496 e. The van der Waals surface area contributed by atoms with Crippen molar-refractivity contribution in [2.45, 2.75) is 6.10 Å². The highest BCUT2D eigenvalue weighted by Gasteiger charge is 2.31. The van der Waals surface area contributed by atoms with Crippen molar-refractivity contribution in [3.05, 3.63) is 65.7 Å². The van der Waals surface area contributed by atoms with E-state index in [1.807, 2.05) is 18.2 Å². The highest BCUT2D eigenvalue weighted by atomic mass is 16.6. The minimum Gasteiger partial charge on any atom is -0.496 e. The van der Waals surface area contributed by atoms with Crippen LogP contribution in [0.2, 0.25) is 0 Å². The third-order valence-corrected chi connectivity index (χ3v) is 4.20. The molecule has 6 nitrogen and oxygen atoms in total. The standard InChI is InChI=1S/C20H21NO5/c1-24-17-10-6-5-9-16(17)20(23)26-18(15-7-3-2-4-8-15)19(22)21-11-13-25-14-12-21/h2-10,18H,11-14H2,1H3/t18-/m1/s1. The van der Waals surface area contributed by atoms with Crippen LogP contribution in [0.5, 0.6) is 5.75 Å². The molecule has 0 N–H and O–H groups in total. The quantitative estimate of drug-likeness (QED) is 0.771. The summed E-state index contributed by atoms with van der Waals surface area (Å²) in [5.74, 6) is -0.441. The third kappa shape index (κ3) is 4.03. The van der Waals surface area contributed by atoms with E-state index in [0.29, 0.717) is 37.6 Å². The molecule has 3 rings (SSSR count). The number of amides is 1. The molecule has 0 saturated carbocycles. The second-order valence-electron chi connectivity index (χ2n) is 5.83. The van der Waals surface area contributed by atoms with Crippen LogP contribution in [0.4, 0.5) is 0 Å². The van der Waals surface area contributed by atoms with Crippen molar-refractivity contribution in [1.29, 1.82) is 0 Å². The Hall–Kier alpha value is -2.86. The summed E-state index contributed by atoms with van der Waals surface area (Å²) in [5.41, 5.74) is 0.915. The Labute approximate surface area is 152 Å². The molecule has 0 spiro atoms. The average Bonchev–Trinajstić information content (AvgIpc) is 2.72. The maximum atomic E-state index is 13.0. The highest BCUT2D eigenvalue weighted by Crippen LogP contribution is 2.25. The lowest BCUT2D eigenvalue weighted by atomic mass is 10.1. The number of morpholine rings is 1. The van der Waals surface area contributed by atoms with Crippen LogP contribution >= 0.6 is 0 Å². The average molecular weight is 355 g/mol. The smallest absolute Gasteiger partial charge is 0.343 e. The molecule has 136 valence electrons. The summed E-state index contributed by atoms with van der Waals surface area (Å²) in [6.07, 6.45) is -1.01. The minimum absolute atomic E-state index is 0.247. The molecule has 1 amide bonds. The zero-order valence-corrected chi connectivity index (χ0v) is 14.6. The van der Waals surface area contributed by atoms with Gasteiger partial charge >= 0.3 is 5.97 Å². The Morgan fingerprint density at radius 2 is 1.65 bits per heavy atom. The summed E-state index contributed by atoms with van der Waals surface area (Å²) in [6, 6.07) is 15.8. The van der Waals surface area contributed by atoms with Crippen molar-refractivity contribution in [1.82, 2.24) is 4.90 Å². The van der Waals surface area contributed by atoms with Crippen LogP contribution in [0.25, 0.3) is 0 Å². The van der Waals surface area contributed by atoms with E-state index >= 15 is 0 Å². The third-order valence-electron chi connectivity index (χ3n) is 4.20. The molecule has 0 aliphatic carbocycles. The van der Waals surface area contributed by atoms with Crippen LogP contribution in [-0.4, -0.2) is 50.2 Å². The number of carbonyl (C=O) groups is 2. The normalized spacial score (nSPS) is 15.2. The number of ether oxygens (including phenoxy) is 3. The molecule has 1 aliphatic heterocycles. The van der Waals surface area contributed by atoms with E-state index in [2.05, 4.69) is 0 Å². The van der Waals surface area contributed by atoms with Crippen molar-refractivity contribution in [3.8, 4) is 5.75 Å². The lowest BCUT2D eigenvalue weighted by Gasteiger charge is -2.30. The Kier molecular flexibility index (Phi) is 5.86. The number of esters is 1. The van der Waals surface area contributed by atoms with Gasteiger partial charge in [-0.05, 0) is 12.1 Å². The molecule has 2 aromatic carbocycles. The molecule has 2 aromatic rings. The molecule has 0 bridgehead atoms. The van der Waals surface area contributed by atoms with Crippen molar-refractivity contribution < 1.29 is 23.8 Å². The number of carbonyl (C=O) groups excluding carboxylic acids is 2. The van der Waals surface area contributed by atoms with Gasteiger partial charge in [0.2, 0.25) is 6.10 Å². The van der Waals surface area contributed by atoms with Gasteiger partial charge < -0.3 is 19.1 Å². The lowest BCUT2D eigenvalue weighted by Crippen LogP contribution is -2.44. The van der Waals surface area contributed by atoms with Gasteiger partial charge in [-0.25, -0.2) is 4.79 Å². The molecular weight excluding hydrogens is 334 g/mol. The van der Waals surface area contributed by atoms with E-state index < -0.39 is 12.1 Å². The van der Waals surface area contributed by atoms with Gasteiger partial charge in [0.15, 0.2) is 0 Å². The van der Waals surface area contributed by atoms with Crippen LogP contribution in [0.1, 0.15) is 22.0 Å². The monoisotopic (exact) mass is 355 g/mol. The number of hydrogen-bond acceptors (Lipinski definition) is 5. The van der Waals surface area contributed by atoms with Gasteiger partial charge in [-0.1, -0.05) is 42.5 Å².